The minimum Gasteiger partial charge on any atom is -0.496 e. The van der Waals surface area contributed by atoms with Crippen LogP contribution in [0.3, 0.4) is 0 Å². The van der Waals surface area contributed by atoms with E-state index >= 15 is 0 Å². The van der Waals surface area contributed by atoms with E-state index in [0.717, 1.165) is 33.2 Å². The van der Waals surface area contributed by atoms with Crippen molar-refractivity contribution in [2.24, 2.45) is 0 Å². The van der Waals surface area contributed by atoms with Gasteiger partial charge in [-0.05, 0) is 62.2 Å². The van der Waals surface area contributed by atoms with Crippen molar-refractivity contribution < 1.29 is 23.5 Å². The maximum absolute atomic E-state index is 12.5. The lowest BCUT2D eigenvalue weighted by molar-refractivity contribution is -0.111. The molecule has 6 nitrogen and oxygen atoms in total. The predicted octanol–water partition coefficient (Wildman–Crippen LogP) is 4.89. The molecule has 0 spiro atoms. The Balaban J connectivity index is 1.87. The standard InChI is InChI=1S/C23H23NO5/c1-13(10-20(25)24-17-8-6-16(7-9-17)23(26)28-5)18-11-19-14(2)12-29-22(19)15(3)21(18)27-4/h6-12H,1-5H3,(H,24,25)/b13-10+. The normalized spacial score (nSPS) is 11.4. The van der Waals surface area contributed by atoms with Crippen LogP contribution in [0, 0.1) is 13.8 Å². The molecule has 150 valence electrons. The number of hydrogen-bond acceptors (Lipinski definition) is 5. The first kappa shape index (κ1) is 20.2. The molecule has 29 heavy (non-hydrogen) atoms. The van der Waals surface area contributed by atoms with Crippen LogP contribution < -0.4 is 10.1 Å². The Bertz CT molecular complexity index is 1110. The van der Waals surface area contributed by atoms with Crippen molar-refractivity contribution in [2.45, 2.75) is 20.8 Å². The van der Waals surface area contributed by atoms with Crippen LogP contribution in [0.25, 0.3) is 16.5 Å². The lowest BCUT2D eigenvalue weighted by atomic mass is 9.98. The molecule has 1 N–H and O–H groups in total. The van der Waals surface area contributed by atoms with E-state index in [-0.39, 0.29) is 5.91 Å². The third kappa shape index (κ3) is 4.01. The summed E-state index contributed by atoms with van der Waals surface area (Å²) in [7, 11) is 2.92. The molecule has 1 aromatic heterocycles. The van der Waals surface area contributed by atoms with Gasteiger partial charge in [-0.1, -0.05) is 0 Å². The van der Waals surface area contributed by atoms with Gasteiger partial charge in [0, 0.05) is 28.3 Å². The Labute approximate surface area is 169 Å². The number of furan rings is 1. The minimum atomic E-state index is -0.425. The van der Waals surface area contributed by atoms with Gasteiger partial charge in [0.2, 0.25) is 5.91 Å². The largest absolute Gasteiger partial charge is 0.496 e. The van der Waals surface area contributed by atoms with E-state index in [1.807, 2.05) is 26.8 Å². The number of hydrogen-bond donors (Lipinski definition) is 1. The first-order valence-corrected chi connectivity index (χ1v) is 9.09. The predicted molar refractivity (Wildman–Crippen MR) is 112 cm³/mol. The van der Waals surface area contributed by atoms with Gasteiger partial charge in [0.25, 0.3) is 0 Å². The molecule has 1 heterocycles. The fourth-order valence-electron chi connectivity index (χ4n) is 3.25. The molecule has 0 bridgehead atoms. The molecule has 0 saturated heterocycles. The van der Waals surface area contributed by atoms with Crippen LogP contribution in [-0.4, -0.2) is 26.1 Å². The Morgan fingerprint density at radius 3 is 2.41 bits per heavy atom. The molecule has 0 atom stereocenters. The van der Waals surface area contributed by atoms with Crippen LogP contribution in [0.5, 0.6) is 5.75 Å². The van der Waals surface area contributed by atoms with Crippen LogP contribution in [-0.2, 0) is 9.53 Å². The highest BCUT2D eigenvalue weighted by molar-refractivity contribution is 6.05. The maximum Gasteiger partial charge on any atom is 0.337 e. The number of carbonyl (C=O) groups excluding carboxylic acids is 2. The van der Waals surface area contributed by atoms with Gasteiger partial charge in [0.15, 0.2) is 0 Å². The Hall–Kier alpha value is -3.54. The average Bonchev–Trinajstić information content (AvgIpc) is 3.08. The van der Waals surface area contributed by atoms with Gasteiger partial charge in [-0.3, -0.25) is 4.79 Å². The van der Waals surface area contributed by atoms with Crippen LogP contribution >= 0.6 is 0 Å². The van der Waals surface area contributed by atoms with Crippen molar-refractivity contribution in [1.82, 2.24) is 0 Å². The first-order chi connectivity index (χ1) is 13.8. The van der Waals surface area contributed by atoms with Gasteiger partial charge < -0.3 is 19.2 Å². The number of anilines is 1. The summed E-state index contributed by atoms with van der Waals surface area (Å²) >= 11 is 0. The maximum atomic E-state index is 12.5. The molecule has 0 aliphatic carbocycles. The van der Waals surface area contributed by atoms with Gasteiger partial charge in [0.1, 0.15) is 11.3 Å². The van der Waals surface area contributed by atoms with Gasteiger partial charge in [0.05, 0.1) is 26.0 Å². The van der Waals surface area contributed by atoms with Crippen molar-refractivity contribution in [2.75, 3.05) is 19.5 Å². The summed E-state index contributed by atoms with van der Waals surface area (Å²) in [6.07, 6.45) is 3.23. The zero-order chi connectivity index (χ0) is 21.1. The number of nitrogens with one attached hydrogen (secondary N) is 1. The molecule has 0 unspecified atom stereocenters. The summed E-state index contributed by atoms with van der Waals surface area (Å²) in [6.45, 7) is 5.77. The number of carbonyl (C=O) groups is 2. The molecule has 0 radical (unpaired) electrons. The number of allylic oxidation sites excluding steroid dienone is 1. The monoisotopic (exact) mass is 393 g/mol. The Morgan fingerprint density at radius 1 is 1.10 bits per heavy atom. The van der Waals surface area contributed by atoms with Gasteiger partial charge in [-0.15, -0.1) is 0 Å². The third-order valence-electron chi connectivity index (χ3n) is 4.79. The molecule has 6 heteroatoms. The number of amides is 1. The Morgan fingerprint density at radius 2 is 1.79 bits per heavy atom. The van der Waals surface area contributed by atoms with E-state index in [1.54, 1.807) is 37.6 Å². The van der Waals surface area contributed by atoms with E-state index in [4.69, 9.17) is 9.15 Å². The van der Waals surface area contributed by atoms with Crippen molar-refractivity contribution >= 4 is 34.1 Å². The molecular formula is C23H23NO5. The SMILES string of the molecule is COC(=O)c1ccc(NC(=O)/C=C(\C)c2cc3c(C)coc3c(C)c2OC)cc1. The second-order valence-electron chi connectivity index (χ2n) is 6.76. The fourth-order valence-corrected chi connectivity index (χ4v) is 3.25. The molecule has 2 aromatic carbocycles. The quantitative estimate of drug-likeness (QED) is 0.493. The van der Waals surface area contributed by atoms with Crippen molar-refractivity contribution in [1.29, 1.82) is 0 Å². The topological polar surface area (TPSA) is 77.8 Å². The summed E-state index contributed by atoms with van der Waals surface area (Å²) < 4.78 is 15.9. The van der Waals surface area contributed by atoms with Crippen LogP contribution in [0.2, 0.25) is 0 Å². The molecule has 0 aliphatic rings. The summed E-state index contributed by atoms with van der Waals surface area (Å²) in [5.74, 6) is -0.0288. The van der Waals surface area contributed by atoms with E-state index in [0.29, 0.717) is 17.0 Å². The number of methoxy groups -OCH3 is 2. The molecule has 3 aromatic rings. The summed E-state index contributed by atoms with van der Waals surface area (Å²) in [5, 5.41) is 3.79. The molecule has 3 rings (SSSR count). The lowest BCUT2D eigenvalue weighted by Gasteiger charge is -2.13. The lowest BCUT2D eigenvalue weighted by Crippen LogP contribution is -2.09. The van der Waals surface area contributed by atoms with E-state index in [2.05, 4.69) is 10.1 Å². The van der Waals surface area contributed by atoms with Crippen molar-refractivity contribution in [3.8, 4) is 5.75 Å². The number of aryl methyl sites for hydroxylation is 2. The fraction of sp³-hybridized carbons (Fsp3) is 0.217. The van der Waals surface area contributed by atoms with Gasteiger partial charge in [-0.2, -0.15) is 0 Å². The second-order valence-corrected chi connectivity index (χ2v) is 6.76. The number of fused-ring (bicyclic) bond motifs is 1. The third-order valence-corrected chi connectivity index (χ3v) is 4.79. The molecule has 1 amide bonds. The zero-order valence-electron chi connectivity index (χ0n) is 17.1. The molecule has 0 aliphatic heterocycles. The van der Waals surface area contributed by atoms with Crippen molar-refractivity contribution in [3.05, 3.63) is 64.9 Å². The number of esters is 1. The summed E-state index contributed by atoms with van der Waals surface area (Å²) in [6, 6.07) is 8.47. The highest BCUT2D eigenvalue weighted by Crippen LogP contribution is 2.37. The van der Waals surface area contributed by atoms with Gasteiger partial charge >= 0.3 is 5.97 Å². The second kappa shape index (κ2) is 8.22. The number of benzene rings is 2. The summed E-state index contributed by atoms with van der Waals surface area (Å²) in [4.78, 5) is 24.0. The molecule has 0 saturated carbocycles. The molecular weight excluding hydrogens is 370 g/mol. The van der Waals surface area contributed by atoms with E-state index in [1.165, 1.54) is 13.2 Å². The highest BCUT2D eigenvalue weighted by atomic mass is 16.5. The summed E-state index contributed by atoms with van der Waals surface area (Å²) in [5.41, 5.74) is 5.28. The average molecular weight is 393 g/mol. The zero-order valence-corrected chi connectivity index (χ0v) is 17.1. The Kier molecular flexibility index (Phi) is 5.73. The number of ether oxygens (including phenoxy) is 2. The minimum absolute atomic E-state index is 0.281. The van der Waals surface area contributed by atoms with E-state index < -0.39 is 5.97 Å². The van der Waals surface area contributed by atoms with Gasteiger partial charge in [-0.25, -0.2) is 4.79 Å². The molecule has 0 fully saturated rings. The highest BCUT2D eigenvalue weighted by Gasteiger charge is 2.17. The van der Waals surface area contributed by atoms with Crippen molar-refractivity contribution in [3.63, 3.8) is 0 Å². The first-order valence-electron chi connectivity index (χ1n) is 9.09. The van der Waals surface area contributed by atoms with Crippen LogP contribution in [0.15, 0.2) is 47.1 Å². The number of rotatable bonds is 5. The van der Waals surface area contributed by atoms with E-state index in [9.17, 15) is 9.59 Å². The van der Waals surface area contributed by atoms with Crippen LogP contribution in [0.1, 0.15) is 34.0 Å². The smallest absolute Gasteiger partial charge is 0.337 e. The van der Waals surface area contributed by atoms with Crippen LogP contribution in [0.4, 0.5) is 5.69 Å².